The molecule has 1 heterocycles. The van der Waals surface area contributed by atoms with Crippen molar-refractivity contribution in [2.45, 2.75) is 31.6 Å². The lowest BCUT2D eigenvalue weighted by molar-refractivity contribution is 0.0729. The van der Waals surface area contributed by atoms with Crippen LogP contribution in [-0.4, -0.2) is 44.9 Å². The summed E-state index contributed by atoms with van der Waals surface area (Å²) in [4.78, 5) is 12.4. The molecule has 2 aromatic rings. The maximum atomic E-state index is 14.4. The Morgan fingerprint density at radius 1 is 1.17 bits per heavy atom. The summed E-state index contributed by atoms with van der Waals surface area (Å²) >= 11 is 6.28. The first kappa shape index (κ1) is 22.7. The van der Waals surface area contributed by atoms with Gasteiger partial charge >= 0.3 is 0 Å². The van der Waals surface area contributed by atoms with Crippen LogP contribution in [0.25, 0.3) is 0 Å². The first-order chi connectivity index (χ1) is 14.3. The van der Waals surface area contributed by atoms with Crippen molar-refractivity contribution in [3.63, 3.8) is 0 Å². The minimum absolute atomic E-state index is 0.0484. The highest BCUT2D eigenvalue weighted by Crippen LogP contribution is 2.30. The lowest BCUT2D eigenvalue weighted by Crippen LogP contribution is -2.41. The van der Waals surface area contributed by atoms with Crippen LogP contribution in [0.4, 0.5) is 10.1 Å². The lowest BCUT2D eigenvalue weighted by atomic mass is 10.0. The predicted octanol–water partition coefficient (Wildman–Crippen LogP) is 3.88. The molecule has 9 heteroatoms. The third-order valence-electron chi connectivity index (χ3n) is 5.10. The van der Waals surface area contributed by atoms with E-state index in [1.807, 2.05) is 19.9 Å². The molecule has 162 valence electrons. The Morgan fingerprint density at radius 2 is 1.87 bits per heavy atom. The number of aryl methyl sites for hydroxylation is 1. The topological polar surface area (TPSA) is 75.7 Å². The Morgan fingerprint density at radius 3 is 2.50 bits per heavy atom. The molecule has 0 radical (unpaired) electrons. The van der Waals surface area contributed by atoms with Gasteiger partial charge < -0.3 is 10.1 Å². The van der Waals surface area contributed by atoms with Gasteiger partial charge in [-0.2, -0.15) is 4.31 Å². The Kier molecular flexibility index (Phi) is 7.13. The van der Waals surface area contributed by atoms with Gasteiger partial charge in [0.25, 0.3) is 5.91 Å². The summed E-state index contributed by atoms with van der Waals surface area (Å²) in [6.07, 6.45) is 1.29. The Hall–Kier alpha value is -2.00. The number of carbonyl (C=O) groups excluding carboxylic acids is 1. The highest BCUT2D eigenvalue weighted by molar-refractivity contribution is 7.89. The molecular formula is C21H24ClFN2O4S. The molecule has 1 aliphatic heterocycles. The number of rotatable bonds is 6. The first-order valence-electron chi connectivity index (χ1n) is 9.78. The molecule has 0 unspecified atom stereocenters. The molecule has 0 bridgehead atoms. The number of hydrogen-bond acceptors (Lipinski definition) is 4. The van der Waals surface area contributed by atoms with E-state index in [1.165, 1.54) is 6.07 Å². The number of hydrogen-bond donors (Lipinski definition) is 1. The van der Waals surface area contributed by atoms with E-state index < -0.39 is 26.6 Å². The van der Waals surface area contributed by atoms with E-state index in [2.05, 4.69) is 5.32 Å². The molecule has 3 rings (SSSR count). The van der Waals surface area contributed by atoms with Crippen molar-refractivity contribution in [2.75, 3.05) is 31.6 Å². The molecule has 1 fully saturated rings. The molecule has 1 amide bonds. The number of nitrogens with zero attached hydrogens (tertiary/aromatic N) is 1. The average Bonchev–Trinajstić information content (AvgIpc) is 2.75. The van der Waals surface area contributed by atoms with Crippen molar-refractivity contribution in [3.8, 4) is 0 Å². The first-order valence-corrected chi connectivity index (χ1v) is 11.6. The van der Waals surface area contributed by atoms with Gasteiger partial charge in [0.1, 0.15) is 10.7 Å². The molecule has 0 aliphatic carbocycles. The average molecular weight is 455 g/mol. The Labute approximate surface area is 181 Å². The molecule has 0 spiro atoms. The summed E-state index contributed by atoms with van der Waals surface area (Å²) in [6, 6.07) is 6.99. The van der Waals surface area contributed by atoms with Crippen molar-refractivity contribution in [3.05, 3.63) is 57.9 Å². The van der Waals surface area contributed by atoms with Gasteiger partial charge in [-0.1, -0.05) is 31.5 Å². The minimum Gasteiger partial charge on any atom is -0.379 e. The van der Waals surface area contributed by atoms with E-state index in [4.69, 9.17) is 16.3 Å². The van der Waals surface area contributed by atoms with Crippen molar-refractivity contribution in [1.29, 1.82) is 0 Å². The maximum Gasteiger partial charge on any atom is 0.255 e. The lowest BCUT2D eigenvalue weighted by Gasteiger charge is -2.26. The predicted molar refractivity (Wildman–Crippen MR) is 114 cm³/mol. The summed E-state index contributed by atoms with van der Waals surface area (Å²) in [5.74, 6) is -1.43. The number of benzene rings is 2. The van der Waals surface area contributed by atoms with Gasteiger partial charge in [0.2, 0.25) is 10.0 Å². The molecular weight excluding hydrogens is 431 g/mol. The van der Waals surface area contributed by atoms with Gasteiger partial charge in [0, 0.05) is 29.4 Å². The molecule has 0 atom stereocenters. The molecule has 0 aromatic heterocycles. The number of amides is 1. The SMILES string of the molecule is CCc1ccc(Cl)c(CC)c1NC(=O)c1ccc(F)c(S(=O)(=O)N2CCOCC2)c1. The molecule has 1 aliphatic rings. The zero-order chi connectivity index (χ0) is 21.9. The van der Waals surface area contributed by atoms with Gasteiger partial charge in [0.05, 0.1) is 13.2 Å². The summed E-state index contributed by atoms with van der Waals surface area (Å²) in [5, 5.41) is 3.38. The van der Waals surface area contributed by atoms with E-state index in [0.29, 0.717) is 23.6 Å². The largest absolute Gasteiger partial charge is 0.379 e. The number of ether oxygens (including phenoxy) is 1. The van der Waals surface area contributed by atoms with E-state index in [9.17, 15) is 17.6 Å². The van der Waals surface area contributed by atoms with Crippen LogP contribution in [0.15, 0.2) is 35.2 Å². The number of carbonyl (C=O) groups is 1. The number of anilines is 1. The van der Waals surface area contributed by atoms with E-state index in [1.54, 1.807) is 6.07 Å². The van der Waals surface area contributed by atoms with E-state index >= 15 is 0 Å². The van der Waals surface area contributed by atoms with Crippen LogP contribution in [0.2, 0.25) is 5.02 Å². The van der Waals surface area contributed by atoms with Crippen LogP contribution in [-0.2, 0) is 27.6 Å². The standard InChI is InChI=1S/C21H24ClFN2O4S/c1-3-14-5-7-17(22)16(4-2)20(14)24-21(26)15-6-8-18(23)19(13-15)30(27,28)25-9-11-29-12-10-25/h5-8,13H,3-4,9-12H2,1-2H3,(H,24,26). The number of nitrogens with one attached hydrogen (secondary N) is 1. The molecule has 0 saturated carbocycles. The highest BCUT2D eigenvalue weighted by Gasteiger charge is 2.30. The number of morpholine rings is 1. The van der Waals surface area contributed by atoms with Crippen LogP contribution in [0.5, 0.6) is 0 Å². The van der Waals surface area contributed by atoms with Crippen LogP contribution in [0.3, 0.4) is 0 Å². The highest BCUT2D eigenvalue weighted by atomic mass is 35.5. The van der Waals surface area contributed by atoms with Crippen LogP contribution < -0.4 is 5.32 Å². The third-order valence-corrected chi connectivity index (χ3v) is 7.36. The second-order valence-electron chi connectivity index (χ2n) is 6.88. The zero-order valence-corrected chi connectivity index (χ0v) is 18.4. The van der Waals surface area contributed by atoms with Crippen LogP contribution in [0.1, 0.15) is 35.3 Å². The fourth-order valence-corrected chi connectivity index (χ4v) is 5.21. The van der Waals surface area contributed by atoms with E-state index in [0.717, 1.165) is 27.6 Å². The Bertz CT molecular complexity index is 1050. The second-order valence-corrected chi connectivity index (χ2v) is 9.20. The van der Waals surface area contributed by atoms with Crippen molar-refractivity contribution in [1.82, 2.24) is 4.31 Å². The molecule has 1 saturated heterocycles. The smallest absolute Gasteiger partial charge is 0.255 e. The van der Waals surface area contributed by atoms with Gasteiger partial charge in [-0.25, -0.2) is 12.8 Å². The summed E-state index contributed by atoms with van der Waals surface area (Å²) in [5.41, 5.74) is 2.37. The maximum absolute atomic E-state index is 14.4. The van der Waals surface area contributed by atoms with Gasteiger partial charge in [-0.05, 0) is 48.2 Å². The number of sulfonamides is 1. The molecule has 6 nitrogen and oxygen atoms in total. The van der Waals surface area contributed by atoms with E-state index in [-0.39, 0.29) is 31.9 Å². The minimum atomic E-state index is -4.08. The zero-order valence-electron chi connectivity index (χ0n) is 16.9. The van der Waals surface area contributed by atoms with Crippen molar-refractivity contribution < 1.29 is 22.3 Å². The number of halogens is 2. The van der Waals surface area contributed by atoms with Crippen molar-refractivity contribution in [2.24, 2.45) is 0 Å². The quantitative estimate of drug-likeness (QED) is 0.718. The van der Waals surface area contributed by atoms with Gasteiger partial charge in [-0.15, -0.1) is 0 Å². The normalized spacial score (nSPS) is 15.2. The summed E-state index contributed by atoms with van der Waals surface area (Å²) < 4.78 is 46.5. The van der Waals surface area contributed by atoms with Crippen molar-refractivity contribution >= 4 is 33.2 Å². The van der Waals surface area contributed by atoms with Crippen LogP contribution >= 0.6 is 11.6 Å². The fraction of sp³-hybridized carbons (Fsp3) is 0.381. The fourth-order valence-electron chi connectivity index (χ4n) is 3.42. The Balaban J connectivity index is 1.96. The summed E-state index contributed by atoms with van der Waals surface area (Å²) in [6.45, 7) is 4.66. The molecule has 30 heavy (non-hydrogen) atoms. The van der Waals surface area contributed by atoms with Gasteiger partial charge in [0.15, 0.2) is 0 Å². The second kappa shape index (κ2) is 9.43. The van der Waals surface area contributed by atoms with Crippen LogP contribution in [0, 0.1) is 5.82 Å². The molecule has 2 aromatic carbocycles. The summed E-state index contributed by atoms with van der Waals surface area (Å²) in [7, 11) is -4.08. The van der Waals surface area contributed by atoms with Gasteiger partial charge in [-0.3, -0.25) is 4.79 Å². The third kappa shape index (κ3) is 4.51. The molecule has 1 N–H and O–H groups in total. The monoisotopic (exact) mass is 454 g/mol.